The van der Waals surface area contributed by atoms with E-state index in [4.69, 9.17) is 5.90 Å². The number of rotatable bonds is 3. The first kappa shape index (κ1) is 12.8. The van der Waals surface area contributed by atoms with Crippen LogP contribution in [0.2, 0.25) is 0 Å². The molecule has 0 aromatic heterocycles. The Kier molecular flexibility index (Phi) is 4.39. The van der Waals surface area contributed by atoms with E-state index < -0.39 is 0 Å². The zero-order valence-corrected chi connectivity index (χ0v) is 11.6. The van der Waals surface area contributed by atoms with Crippen molar-refractivity contribution in [1.29, 1.82) is 0 Å². The van der Waals surface area contributed by atoms with Gasteiger partial charge in [-0.1, -0.05) is 6.07 Å². The zero-order chi connectivity index (χ0) is 12.3. The molecule has 0 radical (unpaired) electrons. The summed E-state index contributed by atoms with van der Waals surface area (Å²) in [5, 5.41) is 0. The van der Waals surface area contributed by atoms with Crippen LogP contribution in [0.15, 0.2) is 22.7 Å². The lowest BCUT2D eigenvalue weighted by Crippen LogP contribution is -2.44. The number of benzene rings is 1. The van der Waals surface area contributed by atoms with Crippen LogP contribution in [0, 0.1) is 0 Å². The molecule has 2 rings (SSSR count). The predicted molar refractivity (Wildman–Crippen MR) is 72.8 cm³/mol. The average molecular weight is 300 g/mol. The van der Waals surface area contributed by atoms with E-state index in [0.29, 0.717) is 6.61 Å². The number of piperazine rings is 1. The maximum atomic E-state index is 5.08. The lowest BCUT2D eigenvalue weighted by Gasteiger charge is -2.34. The zero-order valence-electron chi connectivity index (χ0n) is 10.0. The fourth-order valence-corrected chi connectivity index (χ4v) is 2.72. The van der Waals surface area contributed by atoms with Gasteiger partial charge in [0.1, 0.15) is 0 Å². The lowest BCUT2D eigenvalue weighted by atomic mass is 10.2. The van der Waals surface area contributed by atoms with E-state index in [1.807, 2.05) is 0 Å². The molecule has 0 saturated carbocycles. The van der Waals surface area contributed by atoms with Crippen LogP contribution in [0.4, 0.5) is 5.69 Å². The molecule has 1 saturated heterocycles. The van der Waals surface area contributed by atoms with Crippen molar-refractivity contribution in [2.75, 3.05) is 38.1 Å². The molecule has 1 aliphatic rings. The summed E-state index contributed by atoms with van der Waals surface area (Å²) in [7, 11) is 2.16. The molecule has 5 heteroatoms. The summed E-state index contributed by atoms with van der Waals surface area (Å²) in [4.78, 5) is 9.39. The molecule has 17 heavy (non-hydrogen) atoms. The summed E-state index contributed by atoms with van der Waals surface area (Å²) in [5.74, 6) is 5.08. The maximum absolute atomic E-state index is 5.08. The van der Waals surface area contributed by atoms with Crippen LogP contribution in [0.25, 0.3) is 0 Å². The molecular formula is C12H18BrN3O. The summed E-state index contributed by atoms with van der Waals surface area (Å²) >= 11 is 3.62. The van der Waals surface area contributed by atoms with E-state index in [0.717, 1.165) is 36.2 Å². The molecule has 4 nitrogen and oxygen atoms in total. The third-order valence-electron chi connectivity index (χ3n) is 3.11. The summed E-state index contributed by atoms with van der Waals surface area (Å²) in [6.07, 6.45) is 0. The number of likely N-dealkylation sites (N-methyl/N-ethyl adjacent to an activating group) is 1. The number of hydrogen-bond donors (Lipinski definition) is 1. The predicted octanol–water partition coefficient (Wildman–Crippen LogP) is 1.59. The van der Waals surface area contributed by atoms with Gasteiger partial charge in [-0.05, 0) is 40.7 Å². The normalized spacial score (nSPS) is 17.5. The van der Waals surface area contributed by atoms with Gasteiger partial charge in [0.05, 0.1) is 12.3 Å². The van der Waals surface area contributed by atoms with Crippen molar-refractivity contribution in [1.82, 2.24) is 4.90 Å². The molecular weight excluding hydrogens is 282 g/mol. The van der Waals surface area contributed by atoms with Crippen molar-refractivity contribution in [2.24, 2.45) is 5.90 Å². The number of nitrogens with two attached hydrogens (primary N) is 1. The third-order valence-corrected chi connectivity index (χ3v) is 3.74. The Morgan fingerprint density at radius 3 is 2.59 bits per heavy atom. The van der Waals surface area contributed by atoms with Crippen LogP contribution >= 0.6 is 15.9 Å². The third kappa shape index (κ3) is 3.19. The average Bonchev–Trinajstić information content (AvgIpc) is 2.31. The van der Waals surface area contributed by atoms with E-state index in [1.54, 1.807) is 0 Å². The van der Waals surface area contributed by atoms with Gasteiger partial charge in [0.25, 0.3) is 0 Å². The largest absolute Gasteiger partial charge is 0.368 e. The number of anilines is 1. The van der Waals surface area contributed by atoms with Gasteiger partial charge >= 0.3 is 0 Å². The molecule has 0 atom stereocenters. The second-order valence-electron chi connectivity index (χ2n) is 4.39. The molecule has 2 N–H and O–H groups in total. The van der Waals surface area contributed by atoms with E-state index in [-0.39, 0.29) is 0 Å². The molecule has 0 aliphatic carbocycles. The number of hydrogen-bond acceptors (Lipinski definition) is 4. The van der Waals surface area contributed by atoms with Crippen molar-refractivity contribution in [3.63, 3.8) is 0 Å². The Hall–Kier alpha value is -0.620. The fourth-order valence-electron chi connectivity index (χ4n) is 2.04. The SMILES string of the molecule is CN1CCN(c2ccc(CON)cc2Br)CC1. The summed E-state index contributed by atoms with van der Waals surface area (Å²) in [6.45, 7) is 4.81. The van der Waals surface area contributed by atoms with Crippen molar-refractivity contribution >= 4 is 21.6 Å². The molecule has 0 unspecified atom stereocenters. The quantitative estimate of drug-likeness (QED) is 0.861. The molecule has 0 amide bonds. The summed E-state index contributed by atoms with van der Waals surface area (Å²) < 4.78 is 1.11. The van der Waals surface area contributed by atoms with Crippen LogP contribution in [-0.2, 0) is 11.4 Å². The second-order valence-corrected chi connectivity index (χ2v) is 5.24. The molecule has 1 aromatic rings. The van der Waals surface area contributed by atoms with Crippen molar-refractivity contribution < 1.29 is 4.84 Å². The van der Waals surface area contributed by atoms with E-state index >= 15 is 0 Å². The molecule has 0 spiro atoms. The molecule has 0 bridgehead atoms. The van der Waals surface area contributed by atoms with Crippen LogP contribution in [0.1, 0.15) is 5.56 Å². The maximum Gasteiger partial charge on any atom is 0.0930 e. The lowest BCUT2D eigenvalue weighted by molar-refractivity contribution is 0.124. The standard InChI is InChI=1S/C12H18BrN3O/c1-15-4-6-16(7-5-15)12-3-2-10(9-17-14)8-11(12)13/h2-3,8H,4-7,9,14H2,1H3. The van der Waals surface area contributed by atoms with Gasteiger partial charge in [0.15, 0.2) is 0 Å². The minimum Gasteiger partial charge on any atom is -0.368 e. The molecule has 1 aromatic carbocycles. The van der Waals surface area contributed by atoms with Crippen LogP contribution in [0.5, 0.6) is 0 Å². The highest BCUT2D eigenvalue weighted by Crippen LogP contribution is 2.28. The Balaban J connectivity index is 2.10. The highest BCUT2D eigenvalue weighted by Gasteiger charge is 2.16. The van der Waals surface area contributed by atoms with E-state index in [1.165, 1.54) is 5.69 Å². The van der Waals surface area contributed by atoms with Crippen LogP contribution < -0.4 is 10.8 Å². The first-order valence-electron chi connectivity index (χ1n) is 5.74. The van der Waals surface area contributed by atoms with Gasteiger partial charge < -0.3 is 9.80 Å². The highest BCUT2D eigenvalue weighted by atomic mass is 79.9. The molecule has 1 fully saturated rings. The minimum atomic E-state index is 0.446. The summed E-state index contributed by atoms with van der Waals surface area (Å²) in [5.41, 5.74) is 2.33. The van der Waals surface area contributed by atoms with E-state index in [9.17, 15) is 0 Å². The smallest absolute Gasteiger partial charge is 0.0930 e. The van der Waals surface area contributed by atoms with Crippen molar-refractivity contribution in [3.05, 3.63) is 28.2 Å². The Morgan fingerprint density at radius 1 is 1.29 bits per heavy atom. The number of halogens is 1. The molecule has 1 heterocycles. The van der Waals surface area contributed by atoms with Crippen LogP contribution in [0.3, 0.4) is 0 Å². The van der Waals surface area contributed by atoms with Gasteiger partial charge in [-0.15, -0.1) is 0 Å². The second kappa shape index (κ2) is 5.82. The highest BCUT2D eigenvalue weighted by molar-refractivity contribution is 9.10. The Morgan fingerprint density at radius 2 is 2.00 bits per heavy atom. The minimum absolute atomic E-state index is 0.446. The monoisotopic (exact) mass is 299 g/mol. The Labute approximate surface area is 110 Å². The molecule has 1 aliphatic heterocycles. The van der Waals surface area contributed by atoms with Crippen molar-refractivity contribution in [3.8, 4) is 0 Å². The Bertz CT molecular complexity index is 378. The van der Waals surface area contributed by atoms with Gasteiger partial charge in [0, 0.05) is 30.7 Å². The van der Waals surface area contributed by atoms with Gasteiger partial charge in [-0.3, -0.25) is 4.84 Å². The van der Waals surface area contributed by atoms with Gasteiger partial charge in [-0.2, -0.15) is 0 Å². The first-order chi connectivity index (χ1) is 8.20. The fraction of sp³-hybridized carbons (Fsp3) is 0.500. The topological polar surface area (TPSA) is 41.7 Å². The molecule has 94 valence electrons. The van der Waals surface area contributed by atoms with Gasteiger partial charge in [-0.25, -0.2) is 5.90 Å². The van der Waals surface area contributed by atoms with Gasteiger partial charge in [0.2, 0.25) is 0 Å². The summed E-state index contributed by atoms with van der Waals surface area (Å²) in [6, 6.07) is 6.26. The van der Waals surface area contributed by atoms with E-state index in [2.05, 4.69) is 55.8 Å². The van der Waals surface area contributed by atoms with Crippen molar-refractivity contribution in [2.45, 2.75) is 6.61 Å². The van der Waals surface area contributed by atoms with Crippen LogP contribution in [-0.4, -0.2) is 38.1 Å². The number of nitrogens with zero attached hydrogens (tertiary/aromatic N) is 2. The first-order valence-corrected chi connectivity index (χ1v) is 6.53.